The fourth-order valence-corrected chi connectivity index (χ4v) is 4.73. The number of carboxylic acid groups (broad SMARTS) is 1. The van der Waals surface area contributed by atoms with Crippen LogP contribution < -0.4 is 14.4 Å². The lowest BCUT2D eigenvalue weighted by atomic mass is 10.1. The number of tetrazole rings is 1. The zero-order valence-electron chi connectivity index (χ0n) is 22.3. The average Bonchev–Trinajstić information content (AvgIpc) is 3.52. The highest BCUT2D eigenvalue weighted by Crippen LogP contribution is 2.40. The molecule has 0 spiro atoms. The highest BCUT2D eigenvalue weighted by molar-refractivity contribution is 5.78. The van der Waals surface area contributed by atoms with Crippen LogP contribution in [0.4, 0.5) is 5.69 Å². The Hall–Kier alpha value is -4.66. The van der Waals surface area contributed by atoms with Gasteiger partial charge in [0.1, 0.15) is 5.75 Å². The van der Waals surface area contributed by atoms with Crippen LogP contribution in [0.1, 0.15) is 54.3 Å². The van der Waals surface area contributed by atoms with Crippen molar-refractivity contribution < 1.29 is 19.4 Å². The summed E-state index contributed by atoms with van der Waals surface area (Å²) in [5.74, 6) is 1.23. The number of H-pyrrole nitrogens is 1. The van der Waals surface area contributed by atoms with E-state index in [0.29, 0.717) is 37.7 Å². The highest BCUT2D eigenvalue weighted by Gasteiger charge is 2.30. The van der Waals surface area contributed by atoms with Crippen LogP contribution in [0.25, 0.3) is 12.2 Å². The smallest absolute Gasteiger partial charge is 0.303 e. The monoisotopic (exact) mass is 539 g/mol. The minimum absolute atomic E-state index is 0.104. The Bertz CT molecular complexity index is 1390. The molecule has 3 aromatic carbocycles. The Morgan fingerprint density at radius 2 is 1.88 bits per heavy atom. The minimum atomic E-state index is -0.806. The SMILES string of the molecule is O=C(O)CCCN1CC(c2nn[nH]n2)Oc2c(C=Cc3ccc(OCCCCc4ccccc4)cc3)cccc21. The van der Waals surface area contributed by atoms with E-state index in [1.165, 1.54) is 5.56 Å². The molecule has 0 fully saturated rings. The quantitative estimate of drug-likeness (QED) is 0.167. The second-order valence-corrected chi connectivity index (χ2v) is 9.71. The van der Waals surface area contributed by atoms with E-state index in [1.54, 1.807) is 0 Å². The van der Waals surface area contributed by atoms with Crippen molar-refractivity contribution in [3.8, 4) is 11.5 Å². The molecule has 0 bridgehead atoms. The molecular weight excluding hydrogens is 506 g/mol. The Morgan fingerprint density at radius 3 is 2.65 bits per heavy atom. The molecule has 0 saturated carbocycles. The third kappa shape index (κ3) is 7.25. The second kappa shape index (κ2) is 13.4. The number of carbonyl (C=O) groups is 1. The summed E-state index contributed by atoms with van der Waals surface area (Å²) in [6, 6.07) is 24.5. The molecule has 0 saturated heterocycles. The van der Waals surface area contributed by atoms with Gasteiger partial charge in [-0.15, -0.1) is 10.2 Å². The van der Waals surface area contributed by atoms with Crippen LogP contribution in [0, 0.1) is 0 Å². The number of hydrogen-bond acceptors (Lipinski definition) is 7. The van der Waals surface area contributed by atoms with Gasteiger partial charge in [0.15, 0.2) is 11.9 Å². The molecule has 0 radical (unpaired) electrons. The van der Waals surface area contributed by atoms with E-state index >= 15 is 0 Å². The van der Waals surface area contributed by atoms with Crippen molar-refractivity contribution in [1.82, 2.24) is 20.6 Å². The molecule has 0 amide bonds. The Balaban J connectivity index is 1.21. The number of para-hydroxylation sites is 1. The van der Waals surface area contributed by atoms with E-state index in [9.17, 15) is 4.79 Å². The fraction of sp³-hybridized carbons (Fsp3) is 0.290. The molecule has 1 aromatic heterocycles. The summed E-state index contributed by atoms with van der Waals surface area (Å²) in [5.41, 5.74) is 4.23. The number of rotatable bonds is 13. The van der Waals surface area contributed by atoms with Crippen molar-refractivity contribution in [3.63, 3.8) is 0 Å². The van der Waals surface area contributed by atoms with Gasteiger partial charge in [0.05, 0.1) is 18.8 Å². The molecule has 206 valence electrons. The minimum Gasteiger partial charge on any atom is -0.494 e. The predicted octanol–water partition coefficient (Wildman–Crippen LogP) is 5.58. The van der Waals surface area contributed by atoms with Crippen LogP contribution in [0.15, 0.2) is 72.8 Å². The topological polar surface area (TPSA) is 113 Å². The van der Waals surface area contributed by atoms with Crippen LogP contribution in [0.2, 0.25) is 0 Å². The summed E-state index contributed by atoms with van der Waals surface area (Å²) in [5, 5.41) is 23.5. The molecule has 1 aliphatic heterocycles. The molecule has 9 nitrogen and oxygen atoms in total. The number of anilines is 1. The van der Waals surface area contributed by atoms with Gasteiger partial charge in [-0.1, -0.05) is 72.0 Å². The Kier molecular flexibility index (Phi) is 9.03. The number of aryl methyl sites for hydroxylation is 1. The van der Waals surface area contributed by atoms with Gasteiger partial charge >= 0.3 is 5.97 Å². The molecule has 5 rings (SSSR count). The first-order valence-electron chi connectivity index (χ1n) is 13.6. The summed E-state index contributed by atoms with van der Waals surface area (Å²) < 4.78 is 12.3. The first-order valence-corrected chi connectivity index (χ1v) is 13.6. The van der Waals surface area contributed by atoms with Crippen molar-refractivity contribution >= 4 is 23.8 Å². The standard InChI is InChI=1S/C31H33N5O4/c37-29(38)13-7-20-36-22-28(31-32-34-35-33-31)40-30-25(11-6-12-27(30)36)17-14-24-15-18-26(19-16-24)39-21-5-4-10-23-8-2-1-3-9-23/h1-3,6,8-9,11-12,14-19,28H,4-5,7,10,13,20-22H2,(H,37,38)(H,32,33,34,35). The Morgan fingerprint density at radius 1 is 1.02 bits per heavy atom. The zero-order chi connectivity index (χ0) is 27.6. The van der Waals surface area contributed by atoms with E-state index < -0.39 is 12.1 Å². The van der Waals surface area contributed by atoms with Crippen LogP contribution in [-0.4, -0.2) is 51.4 Å². The first-order chi connectivity index (χ1) is 19.7. The van der Waals surface area contributed by atoms with E-state index in [-0.39, 0.29) is 6.42 Å². The number of aliphatic carboxylic acids is 1. The maximum atomic E-state index is 11.1. The molecule has 1 unspecified atom stereocenters. The van der Waals surface area contributed by atoms with Gasteiger partial charge in [0, 0.05) is 18.5 Å². The number of nitrogens with one attached hydrogen (secondary N) is 1. The summed E-state index contributed by atoms with van der Waals surface area (Å²) >= 11 is 0. The van der Waals surface area contributed by atoms with E-state index in [0.717, 1.165) is 41.8 Å². The lowest BCUT2D eigenvalue weighted by Gasteiger charge is -2.36. The van der Waals surface area contributed by atoms with Gasteiger partial charge in [0.2, 0.25) is 5.82 Å². The number of aromatic nitrogens is 4. The zero-order valence-corrected chi connectivity index (χ0v) is 22.3. The molecule has 0 aliphatic carbocycles. The van der Waals surface area contributed by atoms with E-state index in [2.05, 4.69) is 49.8 Å². The Labute approximate surface area is 233 Å². The molecule has 2 N–H and O–H groups in total. The summed E-state index contributed by atoms with van der Waals surface area (Å²) in [6.45, 7) is 1.78. The first kappa shape index (κ1) is 26.9. The van der Waals surface area contributed by atoms with E-state index in [4.69, 9.17) is 14.6 Å². The molecule has 1 atom stereocenters. The van der Waals surface area contributed by atoms with Gasteiger partial charge in [-0.3, -0.25) is 4.79 Å². The number of nitrogens with zero attached hydrogens (tertiary/aromatic N) is 4. The second-order valence-electron chi connectivity index (χ2n) is 9.71. The van der Waals surface area contributed by atoms with Crippen LogP contribution in [-0.2, 0) is 11.2 Å². The molecule has 4 aromatic rings. The number of carboxylic acids is 1. The third-order valence-electron chi connectivity index (χ3n) is 6.79. The lowest BCUT2D eigenvalue weighted by molar-refractivity contribution is -0.137. The van der Waals surface area contributed by atoms with Crippen molar-refractivity contribution in [2.45, 2.75) is 38.2 Å². The van der Waals surface area contributed by atoms with Gasteiger partial charge in [0.25, 0.3) is 0 Å². The van der Waals surface area contributed by atoms with Gasteiger partial charge in [-0.05, 0) is 55.0 Å². The number of benzene rings is 3. The van der Waals surface area contributed by atoms with Gasteiger partial charge < -0.3 is 19.5 Å². The largest absolute Gasteiger partial charge is 0.494 e. The summed E-state index contributed by atoms with van der Waals surface area (Å²) in [4.78, 5) is 13.2. The summed E-state index contributed by atoms with van der Waals surface area (Å²) in [7, 11) is 0. The molecular formula is C31H33N5O4. The van der Waals surface area contributed by atoms with Crippen molar-refractivity contribution in [3.05, 3.63) is 95.3 Å². The van der Waals surface area contributed by atoms with Gasteiger partial charge in [-0.25, -0.2) is 0 Å². The number of fused-ring (bicyclic) bond motifs is 1. The van der Waals surface area contributed by atoms with Crippen molar-refractivity contribution in [2.24, 2.45) is 0 Å². The highest BCUT2D eigenvalue weighted by atomic mass is 16.5. The van der Waals surface area contributed by atoms with Gasteiger partial charge in [-0.2, -0.15) is 5.21 Å². The van der Waals surface area contributed by atoms with Crippen molar-refractivity contribution in [1.29, 1.82) is 0 Å². The molecule has 2 heterocycles. The summed E-state index contributed by atoms with van der Waals surface area (Å²) in [6.07, 6.45) is 7.43. The predicted molar refractivity (Wildman–Crippen MR) is 153 cm³/mol. The van der Waals surface area contributed by atoms with Crippen LogP contribution in [0.3, 0.4) is 0 Å². The number of aromatic amines is 1. The maximum absolute atomic E-state index is 11.1. The number of hydrogen-bond donors (Lipinski definition) is 2. The normalized spacial score (nSPS) is 14.6. The van der Waals surface area contributed by atoms with Crippen molar-refractivity contribution in [2.75, 3.05) is 24.6 Å². The lowest BCUT2D eigenvalue weighted by Crippen LogP contribution is -2.36. The molecule has 40 heavy (non-hydrogen) atoms. The third-order valence-corrected chi connectivity index (χ3v) is 6.79. The molecule has 9 heteroatoms. The number of ether oxygens (including phenoxy) is 2. The number of unbranched alkanes of at least 4 members (excludes halogenated alkanes) is 1. The molecule has 1 aliphatic rings. The van der Waals surface area contributed by atoms with Crippen LogP contribution in [0.5, 0.6) is 11.5 Å². The average molecular weight is 540 g/mol. The fourth-order valence-electron chi connectivity index (χ4n) is 4.73. The maximum Gasteiger partial charge on any atom is 0.303 e. The van der Waals surface area contributed by atoms with E-state index in [1.807, 2.05) is 60.7 Å². The van der Waals surface area contributed by atoms with Crippen LogP contribution >= 0.6 is 0 Å².